The molecule has 9 heteroatoms. The lowest BCUT2D eigenvalue weighted by Crippen LogP contribution is -2.23. The Hall–Kier alpha value is -1.92. The van der Waals surface area contributed by atoms with Crippen LogP contribution in [0.25, 0.3) is 0 Å². The van der Waals surface area contributed by atoms with E-state index >= 15 is 0 Å². The van der Waals surface area contributed by atoms with Gasteiger partial charge in [0.25, 0.3) is 0 Å². The first-order valence-electron chi connectivity index (χ1n) is 9.97. The maximum absolute atomic E-state index is 12.8. The van der Waals surface area contributed by atoms with Crippen LogP contribution in [0.5, 0.6) is 0 Å². The van der Waals surface area contributed by atoms with Crippen molar-refractivity contribution in [3.05, 3.63) is 16.0 Å². The molecule has 0 aliphatic heterocycles. The van der Waals surface area contributed by atoms with Gasteiger partial charge < -0.3 is 5.32 Å². The second-order valence-electron chi connectivity index (χ2n) is 7.47. The molecule has 0 radical (unpaired) electrons. The van der Waals surface area contributed by atoms with E-state index in [0.717, 1.165) is 44.1 Å². The predicted molar refractivity (Wildman–Crippen MR) is 110 cm³/mol. The molecule has 0 aromatic carbocycles. The van der Waals surface area contributed by atoms with Crippen LogP contribution in [0.15, 0.2) is 5.16 Å². The summed E-state index contributed by atoms with van der Waals surface area (Å²) in [4.78, 5) is 14.1. The molecule has 2 aromatic rings. The van der Waals surface area contributed by atoms with E-state index in [0.29, 0.717) is 21.8 Å². The van der Waals surface area contributed by atoms with Crippen molar-refractivity contribution in [1.29, 1.82) is 5.26 Å². The van der Waals surface area contributed by atoms with Crippen molar-refractivity contribution in [2.24, 2.45) is 0 Å². The zero-order valence-electron chi connectivity index (χ0n) is 16.0. The average Bonchev–Trinajstić information content (AvgIpc) is 3.39. The molecule has 7 nitrogen and oxygen atoms in total. The largest absolute Gasteiger partial charge is 0.316 e. The first-order chi connectivity index (χ1) is 13.7. The second-order valence-corrected chi connectivity index (χ2v) is 9.89. The van der Waals surface area contributed by atoms with Crippen molar-refractivity contribution in [2.75, 3.05) is 5.32 Å². The summed E-state index contributed by atoms with van der Waals surface area (Å²) >= 11 is 2.95. The lowest BCUT2D eigenvalue weighted by Gasteiger charge is -2.14. The smallest absolute Gasteiger partial charge is 0.238 e. The standard InChI is InChI=1S/C19H24N6OS2/c1-12(27-19-22-23-24-25(19)13-7-5-6-8-13)17(26)21-18-15(11-20)14-9-3-2-4-10-16(14)28-18/h12-13H,2-10H2,1H3,(H,21,26)/t12-/m1/s1. The van der Waals surface area contributed by atoms with Crippen LogP contribution >= 0.6 is 23.1 Å². The lowest BCUT2D eigenvalue weighted by molar-refractivity contribution is -0.115. The molecule has 2 aromatic heterocycles. The van der Waals surface area contributed by atoms with Gasteiger partial charge in [-0.1, -0.05) is 31.0 Å². The van der Waals surface area contributed by atoms with Crippen molar-refractivity contribution >= 4 is 34.0 Å². The molecule has 1 saturated carbocycles. The highest BCUT2D eigenvalue weighted by atomic mass is 32.2. The van der Waals surface area contributed by atoms with Crippen LogP contribution in [0.1, 0.15) is 73.9 Å². The van der Waals surface area contributed by atoms with Gasteiger partial charge in [0.1, 0.15) is 11.1 Å². The Morgan fingerprint density at radius 1 is 1.29 bits per heavy atom. The molecule has 28 heavy (non-hydrogen) atoms. The number of aromatic nitrogens is 4. The summed E-state index contributed by atoms with van der Waals surface area (Å²) in [6.07, 6.45) is 9.99. The zero-order valence-corrected chi connectivity index (χ0v) is 17.6. The van der Waals surface area contributed by atoms with E-state index in [1.54, 1.807) is 11.3 Å². The molecule has 0 spiro atoms. The van der Waals surface area contributed by atoms with Crippen molar-refractivity contribution in [1.82, 2.24) is 20.2 Å². The number of nitriles is 1. The van der Waals surface area contributed by atoms with E-state index in [-0.39, 0.29) is 11.2 Å². The fourth-order valence-corrected chi connectivity index (χ4v) is 6.12. The first-order valence-corrected chi connectivity index (χ1v) is 11.7. The van der Waals surface area contributed by atoms with Gasteiger partial charge in [0.05, 0.1) is 16.9 Å². The van der Waals surface area contributed by atoms with Crippen LogP contribution in [0, 0.1) is 11.3 Å². The van der Waals surface area contributed by atoms with E-state index in [4.69, 9.17) is 0 Å². The summed E-state index contributed by atoms with van der Waals surface area (Å²) in [6, 6.07) is 2.66. The summed E-state index contributed by atoms with van der Waals surface area (Å²) < 4.78 is 1.87. The molecule has 1 atom stereocenters. The topological polar surface area (TPSA) is 96.5 Å². The third-order valence-electron chi connectivity index (χ3n) is 5.55. The van der Waals surface area contributed by atoms with Crippen LogP contribution in [0.2, 0.25) is 0 Å². The van der Waals surface area contributed by atoms with Crippen LogP contribution in [-0.4, -0.2) is 31.4 Å². The Bertz CT molecular complexity index is 893. The molecule has 2 heterocycles. The van der Waals surface area contributed by atoms with Gasteiger partial charge in [-0.2, -0.15) is 5.26 Å². The van der Waals surface area contributed by atoms with Gasteiger partial charge in [0.2, 0.25) is 11.1 Å². The lowest BCUT2D eigenvalue weighted by atomic mass is 10.1. The fraction of sp³-hybridized carbons (Fsp3) is 0.632. The van der Waals surface area contributed by atoms with Crippen LogP contribution in [-0.2, 0) is 17.6 Å². The molecule has 2 aliphatic rings. The van der Waals surface area contributed by atoms with Crippen molar-refractivity contribution < 1.29 is 4.79 Å². The molecule has 1 amide bonds. The number of hydrogen-bond donors (Lipinski definition) is 1. The zero-order chi connectivity index (χ0) is 19.5. The molecular weight excluding hydrogens is 392 g/mol. The minimum atomic E-state index is -0.348. The third-order valence-corrected chi connectivity index (χ3v) is 7.81. The average molecular weight is 417 g/mol. The minimum absolute atomic E-state index is 0.112. The second kappa shape index (κ2) is 8.62. The summed E-state index contributed by atoms with van der Waals surface area (Å²) in [6.45, 7) is 1.86. The maximum atomic E-state index is 12.8. The SMILES string of the molecule is C[C@@H](Sc1nnnn1C1CCCC1)C(=O)Nc1sc2c(c1C#N)CCCCC2. The minimum Gasteiger partial charge on any atom is -0.316 e. The number of thiophene rings is 1. The van der Waals surface area contributed by atoms with E-state index in [2.05, 4.69) is 26.9 Å². The van der Waals surface area contributed by atoms with E-state index in [9.17, 15) is 10.1 Å². The van der Waals surface area contributed by atoms with Crippen molar-refractivity contribution in [2.45, 2.75) is 81.2 Å². The summed E-state index contributed by atoms with van der Waals surface area (Å²) in [7, 11) is 0. The molecule has 2 aliphatic carbocycles. The molecular formula is C19H24N6OS2. The van der Waals surface area contributed by atoms with Gasteiger partial charge in [0.15, 0.2) is 0 Å². The molecule has 1 N–H and O–H groups in total. The Morgan fingerprint density at radius 3 is 2.86 bits per heavy atom. The summed E-state index contributed by atoms with van der Waals surface area (Å²) in [5, 5.41) is 25.8. The quantitative estimate of drug-likeness (QED) is 0.582. The molecule has 1 fully saturated rings. The number of hydrogen-bond acceptors (Lipinski definition) is 7. The number of tetrazole rings is 1. The van der Waals surface area contributed by atoms with Crippen LogP contribution < -0.4 is 5.32 Å². The molecule has 4 rings (SSSR count). The van der Waals surface area contributed by atoms with E-state index in [1.807, 2.05) is 11.6 Å². The number of amides is 1. The Balaban J connectivity index is 1.46. The molecule has 148 valence electrons. The van der Waals surface area contributed by atoms with Gasteiger partial charge in [-0.3, -0.25) is 4.79 Å². The van der Waals surface area contributed by atoms with Gasteiger partial charge in [-0.25, -0.2) is 4.68 Å². The van der Waals surface area contributed by atoms with Crippen molar-refractivity contribution in [3.63, 3.8) is 0 Å². The monoisotopic (exact) mass is 416 g/mol. The highest BCUT2D eigenvalue weighted by molar-refractivity contribution is 8.00. The number of rotatable bonds is 5. The van der Waals surface area contributed by atoms with E-state index < -0.39 is 0 Å². The van der Waals surface area contributed by atoms with Gasteiger partial charge in [-0.15, -0.1) is 16.4 Å². The highest BCUT2D eigenvalue weighted by Gasteiger charge is 2.26. The predicted octanol–water partition coefficient (Wildman–Crippen LogP) is 4.11. The van der Waals surface area contributed by atoms with Crippen molar-refractivity contribution in [3.8, 4) is 6.07 Å². The van der Waals surface area contributed by atoms with Gasteiger partial charge in [-0.05, 0) is 61.4 Å². The number of aryl methyl sites for hydroxylation is 1. The van der Waals surface area contributed by atoms with Crippen LogP contribution in [0.4, 0.5) is 5.00 Å². The van der Waals surface area contributed by atoms with Gasteiger partial charge in [0, 0.05) is 4.88 Å². The number of fused-ring (bicyclic) bond motifs is 1. The summed E-state index contributed by atoms with van der Waals surface area (Å²) in [5.41, 5.74) is 1.80. The first kappa shape index (κ1) is 19.4. The maximum Gasteiger partial charge on any atom is 0.238 e. The number of nitrogens with one attached hydrogen (secondary N) is 1. The Labute approximate surface area is 172 Å². The normalized spacial score (nSPS) is 18.3. The summed E-state index contributed by atoms with van der Waals surface area (Å²) in [5.74, 6) is -0.112. The Kier molecular flexibility index (Phi) is 5.97. The highest BCUT2D eigenvalue weighted by Crippen LogP contribution is 2.38. The number of thioether (sulfide) groups is 1. The molecule has 0 bridgehead atoms. The Morgan fingerprint density at radius 2 is 2.07 bits per heavy atom. The number of nitrogens with zero attached hydrogens (tertiary/aromatic N) is 5. The van der Waals surface area contributed by atoms with Crippen LogP contribution in [0.3, 0.4) is 0 Å². The van der Waals surface area contributed by atoms with E-state index in [1.165, 1.54) is 35.9 Å². The number of anilines is 1. The third kappa shape index (κ3) is 3.94. The molecule has 0 unspecified atom stereocenters. The number of carbonyl (C=O) groups is 1. The fourth-order valence-electron chi connectivity index (χ4n) is 4.02. The van der Waals surface area contributed by atoms with Gasteiger partial charge >= 0.3 is 0 Å². The number of carbonyl (C=O) groups excluding carboxylic acids is 1. The molecule has 0 saturated heterocycles.